The minimum atomic E-state index is -5.02. The number of halogens is 4. The van der Waals surface area contributed by atoms with Crippen LogP contribution in [0.1, 0.15) is 35.4 Å². The van der Waals surface area contributed by atoms with E-state index in [0.29, 0.717) is 12.8 Å². The van der Waals surface area contributed by atoms with Gasteiger partial charge in [0.25, 0.3) is 5.91 Å². The van der Waals surface area contributed by atoms with Crippen LogP contribution in [0.5, 0.6) is 0 Å². The second-order valence-corrected chi connectivity index (χ2v) is 6.17. The van der Waals surface area contributed by atoms with Gasteiger partial charge in [-0.15, -0.1) is 5.10 Å². The molecule has 1 fully saturated rings. The van der Waals surface area contributed by atoms with Crippen LogP contribution >= 0.6 is 0 Å². The second-order valence-electron chi connectivity index (χ2n) is 6.17. The third kappa shape index (κ3) is 3.76. The molecule has 144 valence electrons. The Morgan fingerprint density at radius 2 is 1.93 bits per heavy atom. The molecular weight excluding hydrogens is 372 g/mol. The highest BCUT2D eigenvalue weighted by Crippen LogP contribution is 2.33. The molecule has 11 heteroatoms. The van der Waals surface area contributed by atoms with Crippen molar-refractivity contribution >= 4 is 11.9 Å². The van der Waals surface area contributed by atoms with Gasteiger partial charge in [-0.05, 0) is 31.4 Å². The van der Waals surface area contributed by atoms with Crippen LogP contribution in [0.3, 0.4) is 0 Å². The largest absolute Gasteiger partial charge is 0.481 e. The molecule has 1 saturated carbocycles. The summed E-state index contributed by atoms with van der Waals surface area (Å²) in [4.78, 5) is 23.3. The van der Waals surface area contributed by atoms with Crippen molar-refractivity contribution in [1.29, 1.82) is 0 Å². The molecule has 2 atom stereocenters. The smallest absolute Gasteiger partial charge is 0.435 e. The molecule has 1 aliphatic rings. The van der Waals surface area contributed by atoms with Gasteiger partial charge in [0.1, 0.15) is 11.5 Å². The van der Waals surface area contributed by atoms with Crippen LogP contribution in [-0.4, -0.2) is 38.0 Å². The van der Waals surface area contributed by atoms with E-state index in [1.165, 1.54) is 12.1 Å². The maximum atomic E-state index is 13.9. The third-order valence-electron chi connectivity index (χ3n) is 4.35. The first-order chi connectivity index (χ1) is 12.7. The summed E-state index contributed by atoms with van der Waals surface area (Å²) in [6, 6.07) is 4.08. The van der Waals surface area contributed by atoms with Crippen molar-refractivity contribution in [3.63, 3.8) is 0 Å². The number of amides is 1. The maximum Gasteiger partial charge on any atom is 0.435 e. The molecule has 0 bridgehead atoms. The standard InChI is InChI=1S/C16H14F4N4O3/c17-10-3-1-2-4-11(10)24-13(16(18,19)20)12(22-23-24)14(25)21-9-6-5-8(7-9)15(26)27/h1-4,8-9H,5-7H2,(H,21,25)(H,26,27)/t8-,9+/m1/s1. The fourth-order valence-electron chi connectivity index (χ4n) is 3.07. The molecule has 7 nitrogen and oxygen atoms in total. The Bertz CT molecular complexity index is 881. The Morgan fingerprint density at radius 1 is 1.22 bits per heavy atom. The number of hydrogen-bond donors (Lipinski definition) is 2. The maximum absolute atomic E-state index is 13.9. The lowest BCUT2D eigenvalue weighted by atomic mass is 10.1. The molecule has 1 aromatic carbocycles. The average Bonchev–Trinajstić information content (AvgIpc) is 3.21. The summed E-state index contributed by atoms with van der Waals surface area (Å²) in [5.41, 5.74) is -2.99. The highest BCUT2D eigenvalue weighted by molar-refractivity contribution is 5.93. The summed E-state index contributed by atoms with van der Waals surface area (Å²) in [5.74, 6) is -3.78. The Hall–Kier alpha value is -2.98. The summed E-state index contributed by atoms with van der Waals surface area (Å²) in [5, 5.41) is 17.9. The Balaban J connectivity index is 1.91. The highest BCUT2D eigenvalue weighted by atomic mass is 19.4. The normalized spacial score (nSPS) is 19.9. The molecule has 2 aromatic rings. The lowest BCUT2D eigenvalue weighted by molar-refractivity contribution is -0.143. The fourth-order valence-corrected chi connectivity index (χ4v) is 3.07. The molecule has 1 aromatic heterocycles. The SMILES string of the molecule is O=C(N[C@H]1CC[C@@H](C(=O)O)C1)c1nnn(-c2ccccc2F)c1C(F)(F)F. The molecule has 0 radical (unpaired) electrons. The summed E-state index contributed by atoms with van der Waals surface area (Å²) in [7, 11) is 0. The Kier molecular flexibility index (Phi) is 4.85. The molecular formula is C16H14F4N4O3. The zero-order chi connectivity index (χ0) is 19.8. The van der Waals surface area contributed by atoms with E-state index in [9.17, 15) is 27.2 Å². The van der Waals surface area contributed by atoms with Crippen molar-refractivity contribution in [3.8, 4) is 5.69 Å². The summed E-state index contributed by atoms with van der Waals surface area (Å²) in [6.07, 6.45) is -4.26. The van der Waals surface area contributed by atoms with Crippen LogP contribution in [0.25, 0.3) is 5.69 Å². The van der Waals surface area contributed by atoms with Crippen LogP contribution < -0.4 is 5.32 Å². The molecule has 2 N–H and O–H groups in total. The zero-order valence-electron chi connectivity index (χ0n) is 13.7. The first-order valence-electron chi connectivity index (χ1n) is 8.00. The van der Waals surface area contributed by atoms with Crippen LogP contribution in [0.2, 0.25) is 0 Å². The summed E-state index contributed by atoms with van der Waals surface area (Å²) >= 11 is 0. The number of aliphatic carboxylic acids is 1. The van der Waals surface area contributed by atoms with Gasteiger partial charge in [-0.1, -0.05) is 17.3 Å². The molecule has 1 amide bonds. The second kappa shape index (κ2) is 6.97. The summed E-state index contributed by atoms with van der Waals surface area (Å²) < 4.78 is 54.7. The lowest BCUT2D eigenvalue weighted by Gasteiger charge is -2.14. The number of rotatable bonds is 4. The fraction of sp³-hybridized carbons (Fsp3) is 0.375. The predicted octanol–water partition coefficient (Wildman–Crippen LogP) is 2.41. The lowest BCUT2D eigenvalue weighted by Crippen LogP contribution is -2.35. The van der Waals surface area contributed by atoms with Crippen molar-refractivity contribution in [2.24, 2.45) is 5.92 Å². The Morgan fingerprint density at radius 3 is 2.52 bits per heavy atom. The van der Waals surface area contributed by atoms with E-state index in [-0.39, 0.29) is 11.1 Å². The molecule has 27 heavy (non-hydrogen) atoms. The van der Waals surface area contributed by atoms with Gasteiger partial charge >= 0.3 is 12.1 Å². The van der Waals surface area contributed by atoms with Gasteiger partial charge in [-0.3, -0.25) is 9.59 Å². The van der Waals surface area contributed by atoms with Gasteiger partial charge in [0.2, 0.25) is 0 Å². The number of nitrogens with one attached hydrogen (secondary N) is 1. The molecule has 0 aliphatic heterocycles. The van der Waals surface area contributed by atoms with Gasteiger partial charge in [0.15, 0.2) is 11.4 Å². The minimum absolute atomic E-state index is 0.115. The topological polar surface area (TPSA) is 97.1 Å². The zero-order valence-corrected chi connectivity index (χ0v) is 13.7. The number of nitrogens with zero attached hydrogens (tertiary/aromatic N) is 3. The van der Waals surface area contributed by atoms with E-state index in [1.807, 2.05) is 0 Å². The van der Waals surface area contributed by atoms with Crippen molar-refractivity contribution in [2.75, 3.05) is 0 Å². The number of benzene rings is 1. The molecule has 3 rings (SSSR count). The number of carboxylic acids is 1. The number of aromatic nitrogens is 3. The van der Waals surface area contributed by atoms with Crippen LogP contribution in [0.4, 0.5) is 17.6 Å². The molecule has 0 spiro atoms. The first kappa shape index (κ1) is 18.8. The predicted molar refractivity (Wildman–Crippen MR) is 82.6 cm³/mol. The van der Waals surface area contributed by atoms with E-state index < -0.39 is 52.9 Å². The first-order valence-corrected chi connectivity index (χ1v) is 8.00. The van der Waals surface area contributed by atoms with E-state index in [2.05, 4.69) is 15.6 Å². The summed E-state index contributed by atoms with van der Waals surface area (Å²) in [6.45, 7) is 0. The van der Waals surface area contributed by atoms with Crippen molar-refractivity contribution in [2.45, 2.75) is 31.5 Å². The van der Waals surface area contributed by atoms with E-state index in [0.717, 1.165) is 12.1 Å². The number of carboxylic acid groups (broad SMARTS) is 1. The number of alkyl halides is 3. The average molecular weight is 386 g/mol. The number of hydrogen-bond acceptors (Lipinski definition) is 4. The minimum Gasteiger partial charge on any atom is -0.481 e. The molecule has 0 saturated heterocycles. The van der Waals surface area contributed by atoms with E-state index in [1.54, 1.807) is 0 Å². The Labute approximate surface area is 150 Å². The van der Waals surface area contributed by atoms with Crippen LogP contribution in [-0.2, 0) is 11.0 Å². The quantitative estimate of drug-likeness (QED) is 0.787. The van der Waals surface area contributed by atoms with Crippen LogP contribution in [0, 0.1) is 11.7 Å². The van der Waals surface area contributed by atoms with Crippen molar-refractivity contribution in [1.82, 2.24) is 20.3 Å². The van der Waals surface area contributed by atoms with Crippen molar-refractivity contribution in [3.05, 3.63) is 41.5 Å². The number of carbonyl (C=O) groups is 2. The van der Waals surface area contributed by atoms with Gasteiger partial charge in [-0.2, -0.15) is 13.2 Å². The molecule has 0 unspecified atom stereocenters. The molecule has 1 aliphatic carbocycles. The monoisotopic (exact) mass is 386 g/mol. The van der Waals surface area contributed by atoms with Gasteiger partial charge in [0, 0.05) is 6.04 Å². The number of carbonyl (C=O) groups excluding carboxylic acids is 1. The third-order valence-corrected chi connectivity index (χ3v) is 4.35. The number of para-hydroxylation sites is 1. The van der Waals surface area contributed by atoms with Crippen LogP contribution in [0.15, 0.2) is 24.3 Å². The van der Waals surface area contributed by atoms with Gasteiger partial charge in [-0.25, -0.2) is 9.07 Å². The molecule has 1 heterocycles. The van der Waals surface area contributed by atoms with E-state index in [4.69, 9.17) is 5.11 Å². The van der Waals surface area contributed by atoms with E-state index >= 15 is 0 Å². The van der Waals surface area contributed by atoms with Gasteiger partial charge < -0.3 is 10.4 Å². The van der Waals surface area contributed by atoms with Crippen molar-refractivity contribution < 1.29 is 32.3 Å². The highest BCUT2D eigenvalue weighted by Gasteiger charge is 2.43. The van der Waals surface area contributed by atoms with Gasteiger partial charge in [0.05, 0.1) is 5.92 Å².